The molecule has 0 spiro atoms. The molecule has 0 aliphatic carbocycles. The maximum Gasteiger partial charge on any atom is 0.119 e. The van der Waals surface area contributed by atoms with Crippen LogP contribution in [-0.2, 0) is 13.2 Å². The monoisotopic (exact) mass is 299 g/mol. The summed E-state index contributed by atoms with van der Waals surface area (Å²) in [5.41, 5.74) is 2.91. The molecule has 3 heteroatoms. The van der Waals surface area contributed by atoms with Crippen molar-refractivity contribution in [3.8, 4) is 5.75 Å². The first-order valence-corrected chi connectivity index (χ1v) is 7.63. The molecule has 0 saturated heterocycles. The topological polar surface area (TPSA) is 41.5 Å². The van der Waals surface area contributed by atoms with Gasteiger partial charge >= 0.3 is 0 Å². The van der Waals surface area contributed by atoms with Crippen molar-refractivity contribution >= 4 is 0 Å². The van der Waals surface area contributed by atoms with E-state index in [4.69, 9.17) is 4.74 Å². The minimum Gasteiger partial charge on any atom is -0.489 e. The fourth-order valence-electron chi connectivity index (χ4n) is 2.07. The van der Waals surface area contributed by atoms with Crippen LogP contribution >= 0.6 is 0 Å². The van der Waals surface area contributed by atoms with Crippen LogP contribution in [0.1, 0.15) is 30.5 Å². The molecule has 2 N–H and O–H groups in total. The van der Waals surface area contributed by atoms with Gasteiger partial charge in [-0.15, -0.1) is 0 Å². The molecule has 3 nitrogen and oxygen atoms in total. The average molecular weight is 299 g/mol. The zero-order valence-electron chi connectivity index (χ0n) is 13.6. The Morgan fingerprint density at radius 3 is 2.14 bits per heavy atom. The van der Waals surface area contributed by atoms with E-state index >= 15 is 0 Å². The summed E-state index contributed by atoms with van der Waals surface area (Å²) in [7, 11) is 0. The smallest absolute Gasteiger partial charge is 0.119 e. The Morgan fingerprint density at radius 1 is 0.955 bits per heavy atom. The van der Waals surface area contributed by atoms with E-state index in [0.717, 1.165) is 12.3 Å². The van der Waals surface area contributed by atoms with Crippen LogP contribution in [-0.4, -0.2) is 17.3 Å². The lowest BCUT2D eigenvalue weighted by Gasteiger charge is -2.17. The number of hydrogen-bond donors (Lipinski definition) is 2. The molecule has 2 rings (SSSR count). The van der Waals surface area contributed by atoms with Crippen LogP contribution in [0, 0.1) is 6.92 Å². The van der Waals surface area contributed by atoms with Crippen molar-refractivity contribution in [3.63, 3.8) is 0 Å². The Balaban J connectivity index is 1.80. The Bertz CT molecular complexity index is 568. The van der Waals surface area contributed by atoms with E-state index in [9.17, 15) is 5.11 Å². The Kier molecular flexibility index (Phi) is 5.58. The summed E-state index contributed by atoms with van der Waals surface area (Å²) in [4.78, 5) is 0. The first-order valence-electron chi connectivity index (χ1n) is 7.63. The summed E-state index contributed by atoms with van der Waals surface area (Å²) in [5.74, 6) is 0.867. The standard InChI is InChI=1S/C19H25NO2/c1-15-4-6-17(7-5-15)13-22-18-10-8-16(9-11-18)12-20-14-19(2,3)21/h4-11,20-21H,12-14H2,1-3H3. The number of aliphatic hydroxyl groups is 1. The zero-order chi connectivity index (χ0) is 16.0. The fraction of sp³-hybridized carbons (Fsp3) is 0.368. The van der Waals surface area contributed by atoms with Gasteiger partial charge in [0.25, 0.3) is 0 Å². The molecule has 2 aromatic rings. The van der Waals surface area contributed by atoms with Gasteiger partial charge in [-0.25, -0.2) is 0 Å². The first kappa shape index (κ1) is 16.5. The molecule has 0 aromatic heterocycles. The minimum atomic E-state index is -0.683. The molecular weight excluding hydrogens is 274 g/mol. The Hall–Kier alpha value is -1.84. The molecule has 0 atom stereocenters. The fourth-order valence-corrected chi connectivity index (χ4v) is 2.07. The van der Waals surface area contributed by atoms with Crippen LogP contribution in [0.4, 0.5) is 0 Å². The van der Waals surface area contributed by atoms with E-state index in [2.05, 4.69) is 36.5 Å². The van der Waals surface area contributed by atoms with E-state index in [-0.39, 0.29) is 0 Å². The van der Waals surface area contributed by atoms with E-state index in [1.54, 1.807) is 13.8 Å². The van der Waals surface area contributed by atoms with Gasteiger partial charge in [-0.3, -0.25) is 0 Å². The maximum atomic E-state index is 9.65. The van der Waals surface area contributed by atoms with E-state index in [1.165, 1.54) is 16.7 Å². The highest BCUT2D eigenvalue weighted by Gasteiger charge is 2.10. The van der Waals surface area contributed by atoms with Gasteiger partial charge in [-0.05, 0) is 44.0 Å². The van der Waals surface area contributed by atoms with Crippen molar-refractivity contribution in [2.45, 2.75) is 39.5 Å². The van der Waals surface area contributed by atoms with Gasteiger partial charge in [0.15, 0.2) is 0 Å². The molecular formula is C19H25NO2. The third-order valence-electron chi connectivity index (χ3n) is 3.34. The van der Waals surface area contributed by atoms with Gasteiger partial charge in [-0.1, -0.05) is 42.0 Å². The highest BCUT2D eigenvalue weighted by molar-refractivity contribution is 5.28. The van der Waals surface area contributed by atoms with Gasteiger partial charge in [0.2, 0.25) is 0 Å². The van der Waals surface area contributed by atoms with Gasteiger partial charge in [0.1, 0.15) is 12.4 Å². The molecule has 0 aliphatic heterocycles. The molecule has 0 heterocycles. The molecule has 2 aromatic carbocycles. The van der Waals surface area contributed by atoms with Crippen LogP contribution in [0.2, 0.25) is 0 Å². The van der Waals surface area contributed by atoms with Gasteiger partial charge in [0.05, 0.1) is 5.60 Å². The van der Waals surface area contributed by atoms with Crippen LogP contribution < -0.4 is 10.1 Å². The Morgan fingerprint density at radius 2 is 1.55 bits per heavy atom. The van der Waals surface area contributed by atoms with Gasteiger partial charge in [0, 0.05) is 13.1 Å². The van der Waals surface area contributed by atoms with E-state index in [1.807, 2.05) is 24.3 Å². The molecule has 0 aliphatic rings. The lowest BCUT2D eigenvalue weighted by atomic mass is 10.1. The van der Waals surface area contributed by atoms with E-state index in [0.29, 0.717) is 13.2 Å². The highest BCUT2D eigenvalue weighted by atomic mass is 16.5. The van der Waals surface area contributed by atoms with Crippen LogP contribution in [0.25, 0.3) is 0 Å². The van der Waals surface area contributed by atoms with Crippen molar-refractivity contribution in [2.75, 3.05) is 6.54 Å². The third kappa shape index (κ3) is 5.88. The number of rotatable bonds is 7. The van der Waals surface area contributed by atoms with Crippen molar-refractivity contribution in [1.29, 1.82) is 0 Å². The minimum absolute atomic E-state index is 0.568. The quantitative estimate of drug-likeness (QED) is 0.823. The normalized spacial score (nSPS) is 11.5. The van der Waals surface area contributed by atoms with Gasteiger partial charge < -0.3 is 15.2 Å². The molecule has 0 bridgehead atoms. The summed E-state index contributed by atoms with van der Waals surface area (Å²) in [5, 5.41) is 12.9. The third-order valence-corrected chi connectivity index (χ3v) is 3.34. The lowest BCUT2D eigenvalue weighted by molar-refractivity contribution is 0.0795. The molecule has 0 fully saturated rings. The summed E-state index contributed by atoms with van der Waals surface area (Å²) in [6.07, 6.45) is 0. The summed E-state index contributed by atoms with van der Waals surface area (Å²) in [6.45, 7) is 7.55. The van der Waals surface area contributed by atoms with E-state index < -0.39 is 5.60 Å². The largest absolute Gasteiger partial charge is 0.489 e. The predicted octanol–water partition coefficient (Wildman–Crippen LogP) is 3.43. The molecule has 118 valence electrons. The summed E-state index contributed by atoms with van der Waals surface area (Å²) < 4.78 is 5.79. The summed E-state index contributed by atoms with van der Waals surface area (Å²) >= 11 is 0. The zero-order valence-corrected chi connectivity index (χ0v) is 13.6. The average Bonchev–Trinajstić information content (AvgIpc) is 2.47. The predicted molar refractivity (Wildman–Crippen MR) is 90.0 cm³/mol. The number of benzene rings is 2. The lowest BCUT2D eigenvalue weighted by Crippen LogP contribution is -2.34. The molecule has 22 heavy (non-hydrogen) atoms. The van der Waals surface area contributed by atoms with Crippen molar-refractivity contribution in [2.24, 2.45) is 0 Å². The van der Waals surface area contributed by atoms with Gasteiger partial charge in [-0.2, -0.15) is 0 Å². The summed E-state index contributed by atoms with van der Waals surface area (Å²) in [6, 6.07) is 16.4. The number of aryl methyl sites for hydroxylation is 1. The second-order valence-electron chi connectivity index (χ2n) is 6.33. The van der Waals surface area contributed by atoms with Crippen LogP contribution in [0.3, 0.4) is 0 Å². The number of ether oxygens (including phenoxy) is 1. The Labute approximate surface area is 133 Å². The molecule has 0 radical (unpaired) electrons. The maximum absolute atomic E-state index is 9.65. The van der Waals surface area contributed by atoms with Crippen molar-refractivity contribution in [1.82, 2.24) is 5.32 Å². The molecule has 0 unspecified atom stereocenters. The second-order valence-corrected chi connectivity index (χ2v) is 6.33. The van der Waals surface area contributed by atoms with Crippen LogP contribution in [0.15, 0.2) is 48.5 Å². The van der Waals surface area contributed by atoms with Crippen molar-refractivity contribution < 1.29 is 9.84 Å². The molecule has 0 saturated carbocycles. The second kappa shape index (κ2) is 7.43. The highest BCUT2D eigenvalue weighted by Crippen LogP contribution is 2.14. The SMILES string of the molecule is Cc1ccc(COc2ccc(CNCC(C)(C)O)cc2)cc1. The van der Waals surface area contributed by atoms with Crippen molar-refractivity contribution in [3.05, 3.63) is 65.2 Å². The first-order chi connectivity index (χ1) is 10.4. The van der Waals surface area contributed by atoms with Crippen LogP contribution in [0.5, 0.6) is 5.75 Å². The number of hydrogen-bond acceptors (Lipinski definition) is 3. The molecule has 0 amide bonds. The number of nitrogens with one attached hydrogen (secondary N) is 1.